The maximum Gasteiger partial charge on any atom is 0.338 e. The van der Waals surface area contributed by atoms with E-state index in [2.05, 4.69) is 4.99 Å². The van der Waals surface area contributed by atoms with Gasteiger partial charge >= 0.3 is 5.97 Å². The van der Waals surface area contributed by atoms with Crippen molar-refractivity contribution in [3.63, 3.8) is 0 Å². The highest BCUT2D eigenvalue weighted by atomic mass is 35.5. The third kappa shape index (κ3) is 7.11. The Morgan fingerprint density at radius 3 is 2.49 bits per heavy atom. The monoisotopic (exact) mass is 666 g/mol. The van der Waals surface area contributed by atoms with Crippen molar-refractivity contribution < 1.29 is 23.7 Å². The second-order valence-corrected chi connectivity index (χ2v) is 12.3. The zero-order valence-electron chi connectivity index (χ0n) is 25.4. The number of fused-ring (bicyclic) bond motifs is 1. The summed E-state index contributed by atoms with van der Waals surface area (Å²) >= 11 is 13.5. The Hall–Kier alpha value is -4.05. The number of halogens is 2. The van der Waals surface area contributed by atoms with Crippen LogP contribution in [0.2, 0.25) is 10.0 Å². The predicted octanol–water partition coefficient (Wildman–Crippen LogP) is 6.48. The molecule has 1 atom stereocenters. The van der Waals surface area contributed by atoms with Crippen LogP contribution in [0.3, 0.4) is 0 Å². The lowest BCUT2D eigenvalue weighted by atomic mass is 9.96. The average molecular weight is 668 g/mol. The zero-order chi connectivity index (χ0) is 32.2. The van der Waals surface area contributed by atoms with Crippen LogP contribution in [0.4, 0.5) is 0 Å². The molecule has 0 amide bonds. The maximum absolute atomic E-state index is 14.0. The minimum atomic E-state index is -0.722. The second kappa shape index (κ2) is 13.9. The molecule has 1 aromatic heterocycles. The summed E-state index contributed by atoms with van der Waals surface area (Å²) in [5, 5.41) is 1.05. The van der Waals surface area contributed by atoms with Crippen molar-refractivity contribution in [3.05, 3.63) is 118 Å². The van der Waals surface area contributed by atoms with E-state index in [9.17, 15) is 9.59 Å². The summed E-state index contributed by atoms with van der Waals surface area (Å²) in [6.07, 6.45) is 1.78. The van der Waals surface area contributed by atoms with Gasteiger partial charge in [0.1, 0.15) is 12.4 Å². The molecule has 1 aliphatic heterocycles. The van der Waals surface area contributed by atoms with E-state index in [0.717, 1.165) is 16.7 Å². The second-order valence-electron chi connectivity index (χ2n) is 10.5. The van der Waals surface area contributed by atoms with Crippen LogP contribution in [0.25, 0.3) is 6.08 Å². The first-order valence-corrected chi connectivity index (χ1v) is 15.9. The van der Waals surface area contributed by atoms with Gasteiger partial charge in [-0.2, -0.15) is 0 Å². The first kappa shape index (κ1) is 32.3. The minimum absolute atomic E-state index is 0.00647. The van der Waals surface area contributed by atoms with E-state index in [1.165, 1.54) is 11.3 Å². The zero-order valence-corrected chi connectivity index (χ0v) is 27.8. The highest BCUT2D eigenvalue weighted by Crippen LogP contribution is 2.33. The molecule has 0 fully saturated rings. The molecule has 0 unspecified atom stereocenters. The number of aromatic nitrogens is 1. The van der Waals surface area contributed by atoms with Crippen LogP contribution in [0.15, 0.2) is 81.7 Å². The third-order valence-corrected chi connectivity index (χ3v) is 8.54. The molecule has 4 aromatic rings. The molecule has 0 aliphatic carbocycles. The standard InChI is InChI=1S/C34H32Cl2N2O6S/c1-6-42-33(40)30-20(4)37-34-38(31(30)22-9-12-25(13-10-22)44-19(2)3)32(39)29(45-34)16-21-7-14-27(28(15-21)41-5)43-18-23-8-11-24(35)17-26(23)36/h7-17,19,31H,6,18H2,1-5H3/b29-16-/t31-/m1/s1. The lowest BCUT2D eigenvalue weighted by molar-refractivity contribution is -0.139. The molecule has 0 spiro atoms. The highest BCUT2D eigenvalue weighted by molar-refractivity contribution is 7.07. The van der Waals surface area contributed by atoms with Crippen molar-refractivity contribution in [2.45, 2.75) is 46.4 Å². The Balaban J connectivity index is 1.52. The molecule has 0 saturated heterocycles. The van der Waals surface area contributed by atoms with Gasteiger partial charge in [0.2, 0.25) is 0 Å². The van der Waals surface area contributed by atoms with Crippen molar-refractivity contribution in [2.24, 2.45) is 4.99 Å². The molecule has 8 nitrogen and oxygen atoms in total. The summed E-state index contributed by atoms with van der Waals surface area (Å²) in [5.41, 5.74) is 2.77. The molecular formula is C34H32Cl2N2O6S. The Labute approximate surface area is 274 Å². The lowest BCUT2D eigenvalue weighted by Crippen LogP contribution is -2.39. The van der Waals surface area contributed by atoms with Crippen molar-refractivity contribution in [1.82, 2.24) is 4.57 Å². The summed E-state index contributed by atoms with van der Waals surface area (Å²) in [7, 11) is 1.55. The maximum atomic E-state index is 14.0. The Morgan fingerprint density at radius 1 is 1.07 bits per heavy atom. The van der Waals surface area contributed by atoms with E-state index < -0.39 is 12.0 Å². The molecule has 0 N–H and O–H groups in total. The number of rotatable bonds is 10. The lowest BCUT2D eigenvalue weighted by Gasteiger charge is -2.25. The largest absolute Gasteiger partial charge is 0.493 e. The Bertz CT molecular complexity index is 1950. The summed E-state index contributed by atoms with van der Waals surface area (Å²) in [5.74, 6) is 1.18. The van der Waals surface area contributed by atoms with Gasteiger partial charge in [-0.25, -0.2) is 9.79 Å². The van der Waals surface area contributed by atoms with E-state index in [1.807, 2.05) is 44.2 Å². The van der Waals surface area contributed by atoms with Gasteiger partial charge in [0.15, 0.2) is 16.3 Å². The van der Waals surface area contributed by atoms with Crippen molar-refractivity contribution in [3.8, 4) is 17.2 Å². The Morgan fingerprint density at radius 2 is 1.82 bits per heavy atom. The fraction of sp³-hybridized carbons (Fsp3) is 0.265. The average Bonchev–Trinajstić information content (AvgIpc) is 3.30. The van der Waals surface area contributed by atoms with E-state index in [0.29, 0.717) is 47.9 Å². The number of hydrogen-bond donors (Lipinski definition) is 0. The number of allylic oxidation sites excluding steroid dienone is 1. The van der Waals surface area contributed by atoms with Crippen molar-refractivity contribution in [2.75, 3.05) is 13.7 Å². The van der Waals surface area contributed by atoms with Crippen molar-refractivity contribution >= 4 is 46.6 Å². The fourth-order valence-corrected chi connectivity index (χ4v) is 6.46. The molecular weight excluding hydrogens is 635 g/mol. The van der Waals surface area contributed by atoms with Crippen LogP contribution >= 0.6 is 34.5 Å². The SMILES string of the molecule is CCOC(=O)C1=C(C)N=c2s/c(=C\c3ccc(OCc4ccc(Cl)cc4Cl)c(OC)c3)c(=O)n2[C@@H]1c1ccc(OC(C)C)cc1. The summed E-state index contributed by atoms with van der Waals surface area (Å²) in [6, 6.07) is 17.3. The number of nitrogens with zero attached hydrogens (tertiary/aromatic N) is 2. The molecule has 3 aromatic carbocycles. The van der Waals surface area contributed by atoms with E-state index in [1.54, 1.807) is 61.9 Å². The Kier molecular flexibility index (Phi) is 10.0. The number of carbonyl (C=O) groups is 1. The number of ether oxygens (including phenoxy) is 4. The quantitative estimate of drug-likeness (QED) is 0.180. The van der Waals surface area contributed by atoms with E-state index in [4.69, 9.17) is 42.1 Å². The van der Waals surface area contributed by atoms with Gasteiger partial charge in [0.25, 0.3) is 5.56 Å². The number of carbonyl (C=O) groups excluding carboxylic acids is 1. The number of hydrogen-bond acceptors (Lipinski definition) is 8. The van der Waals surface area contributed by atoms with Gasteiger partial charge in [-0.1, -0.05) is 58.8 Å². The predicted molar refractivity (Wildman–Crippen MR) is 176 cm³/mol. The molecule has 11 heteroatoms. The first-order valence-electron chi connectivity index (χ1n) is 14.3. The summed E-state index contributed by atoms with van der Waals surface area (Å²) in [6.45, 7) is 7.81. The molecule has 0 bridgehead atoms. The molecule has 234 valence electrons. The number of esters is 1. The van der Waals surface area contributed by atoms with Gasteiger partial charge in [0.05, 0.1) is 41.7 Å². The molecule has 2 heterocycles. The fourth-order valence-electron chi connectivity index (χ4n) is 4.95. The van der Waals surface area contributed by atoms with Crippen molar-refractivity contribution in [1.29, 1.82) is 0 Å². The highest BCUT2D eigenvalue weighted by Gasteiger charge is 2.33. The molecule has 1 aliphatic rings. The van der Waals surface area contributed by atoms with E-state index in [-0.39, 0.29) is 24.9 Å². The summed E-state index contributed by atoms with van der Waals surface area (Å²) < 4.78 is 24.8. The van der Waals surface area contributed by atoms with E-state index >= 15 is 0 Å². The van der Waals surface area contributed by atoms with Crippen LogP contribution < -0.4 is 29.1 Å². The topological polar surface area (TPSA) is 88.4 Å². The van der Waals surface area contributed by atoms with Crippen LogP contribution in [0.1, 0.15) is 50.4 Å². The normalized spacial score (nSPS) is 14.7. The van der Waals surface area contributed by atoms with Crippen LogP contribution in [0, 0.1) is 0 Å². The van der Waals surface area contributed by atoms with Gasteiger partial charge in [-0.3, -0.25) is 9.36 Å². The molecule has 5 rings (SSSR count). The smallest absolute Gasteiger partial charge is 0.338 e. The minimum Gasteiger partial charge on any atom is -0.493 e. The van der Waals surface area contributed by atoms with Gasteiger partial charge in [-0.05, 0) is 81.3 Å². The number of thiazole rings is 1. The number of methoxy groups -OCH3 is 1. The van der Waals surface area contributed by atoms with Crippen LogP contribution in [0.5, 0.6) is 17.2 Å². The molecule has 0 radical (unpaired) electrons. The van der Waals surface area contributed by atoms with Gasteiger partial charge < -0.3 is 18.9 Å². The molecule has 0 saturated carbocycles. The van der Waals surface area contributed by atoms with Gasteiger partial charge in [-0.15, -0.1) is 0 Å². The van der Waals surface area contributed by atoms with Crippen LogP contribution in [-0.4, -0.2) is 30.4 Å². The summed E-state index contributed by atoms with van der Waals surface area (Å²) in [4.78, 5) is 32.3. The first-order chi connectivity index (χ1) is 21.6. The van der Waals surface area contributed by atoms with Crippen LogP contribution in [-0.2, 0) is 16.1 Å². The third-order valence-electron chi connectivity index (χ3n) is 6.97. The molecule has 45 heavy (non-hydrogen) atoms. The number of benzene rings is 3. The van der Waals surface area contributed by atoms with Gasteiger partial charge in [0, 0.05) is 15.6 Å².